The first-order valence-corrected chi connectivity index (χ1v) is 14.4. The number of fused-ring (bicyclic) bond motifs is 1. The summed E-state index contributed by atoms with van der Waals surface area (Å²) in [6, 6.07) is 17.9. The molecule has 0 saturated carbocycles. The third-order valence-corrected chi connectivity index (χ3v) is 8.27. The highest BCUT2D eigenvalue weighted by molar-refractivity contribution is 9.10. The Morgan fingerprint density at radius 1 is 1.18 bits per heavy atom. The van der Waals surface area contributed by atoms with Crippen LogP contribution in [0.4, 0.5) is 4.39 Å². The van der Waals surface area contributed by atoms with Gasteiger partial charge in [0, 0.05) is 10.6 Å². The zero-order valence-corrected chi connectivity index (χ0v) is 24.6. The predicted molar refractivity (Wildman–Crippen MR) is 157 cm³/mol. The van der Waals surface area contributed by atoms with Gasteiger partial charge in [-0.3, -0.25) is 9.36 Å². The van der Waals surface area contributed by atoms with Crippen LogP contribution < -0.4 is 19.6 Å². The summed E-state index contributed by atoms with van der Waals surface area (Å²) in [6.45, 7) is 3.89. The molecular formula is C30H23BrClFN2O4S. The quantitative estimate of drug-likeness (QED) is 0.235. The standard InChI is InChI=1S/C30H23BrClFN2O4S/c1-3-38-29(37)26-17(2)34-30-35(27(26)19-9-11-21(33)12-10-19)28(36)25(40-30)15-18-8-13-24(22(31)14-18)39-16-20-6-4-5-7-23(20)32/h4-15,27H,3,16H2,1-2H3/b25-15-/t27-/m1/s1. The number of hydrogen-bond acceptors (Lipinski definition) is 6. The van der Waals surface area contributed by atoms with E-state index < -0.39 is 17.8 Å². The van der Waals surface area contributed by atoms with E-state index in [1.165, 1.54) is 28.0 Å². The lowest BCUT2D eigenvalue weighted by Crippen LogP contribution is -2.39. The van der Waals surface area contributed by atoms with E-state index in [0.717, 1.165) is 11.1 Å². The fourth-order valence-electron chi connectivity index (χ4n) is 4.40. The van der Waals surface area contributed by atoms with Gasteiger partial charge in [0.2, 0.25) is 0 Å². The van der Waals surface area contributed by atoms with Gasteiger partial charge < -0.3 is 9.47 Å². The Labute approximate surface area is 246 Å². The number of hydrogen-bond donors (Lipinski definition) is 0. The van der Waals surface area contributed by atoms with E-state index in [9.17, 15) is 14.0 Å². The Morgan fingerprint density at radius 3 is 2.62 bits per heavy atom. The molecule has 0 saturated heterocycles. The minimum Gasteiger partial charge on any atom is -0.488 e. The number of rotatable bonds is 7. The van der Waals surface area contributed by atoms with Crippen molar-refractivity contribution in [3.05, 3.63) is 130 Å². The largest absolute Gasteiger partial charge is 0.488 e. The summed E-state index contributed by atoms with van der Waals surface area (Å²) in [5.74, 6) is -0.354. The van der Waals surface area contributed by atoms with Crippen LogP contribution in [0.5, 0.6) is 5.75 Å². The summed E-state index contributed by atoms with van der Waals surface area (Å²) in [7, 11) is 0. The molecule has 0 spiro atoms. The minimum absolute atomic E-state index is 0.170. The van der Waals surface area contributed by atoms with Crippen molar-refractivity contribution in [1.82, 2.24) is 4.57 Å². The third-order valence-electron chi connectivity index (χ3n) is 6.30. The first-order valence-electron chi connectivity index (χ1n) is 12.4. The van der Waals surface area contributed by atoms with Crippen molar-refractivity contribution in [1.29, 1.82) is 0 Å². The van der Waals surface area contributed by atoms with Gasteiger partial charge in [0.25, 0.3) is 5.56 Å². The first-order chi connectivity index (χ1) is 19.3. The van der Waals surface area contributed by atoms with Crippen LogP contribution >= 0.6 is 38.9 Å². The average Bonchev–Trinajstić information content (AvgIpc) is 3.23. The summed E-state index contributed by atoms with van der Waals surface area (Å²) in [6.07, 6.45) is 1.76. The Kier molecular flexibility index (Phi) is 8.35. The number of aromatic nitrogens is 1. The molecule has 0 radical (unpaired) electrons. The summed E-state index contributed by atoms with van der Waals surface area (Å²) in [4.78, 5) is 31.7. The number of nitrogens with zero attached hydrogens (tertiary/aromatic N) is 2. The molecule has 0 N–H and O–H groups in total. The van der Waals surface area contributed by atoms with E-state index in [2.05, 4.69) is 20.9 Å². The summed E-state index contributed by atoms with van der Waals surface area (Å²) in [5.41, 5.74) is 2.59. The fourth-order valence-corrected chi connectivity index (χ4v) is 6.15. The van der Waals surface area contributed by atoms with E-state index in [1.807, 2.05) is 42.5 Å². The molecule has 1 atom stereocenters. The molecule has 1 aromatic heterocycles. The number of allylic oxidation sites excluding steroid dienone is 1. The topological polar surface area (TPSA) is 69.9 Å². The molecular weight excluding hydrogens is 619 g/mol. The number of thiazole rings is 1. The van der Waals surface area contributed by atoms with E-state index in [0.29, 0.717) is 42.4 Å². The second kappa shape index (κ2) is 11.9. The van der Waals surface area contributed by atoms with Gasteiger partial charge in [0.1, 0.15) is 18.2 Å². The Hall–Kier alpha value is -3.53. The average molecular weight is 642 g/mol. The molecule has 1 aliphatic heterocycles. The van der Waals surface area contributed by atoms with Gasteiger partial charge in [-0.2, -0.15) is 0 Å². The molecule has 5 rings (SSSR count). The Bertz CT molecular complexity index is 1810. The molecule has 0 fully saturated rings. The lowest BCUT2D eigenvalue weighted by Gasteiger charge is -2.24. The molecule has 4 aromatic rings. The van der Waals surface area contributed by atoms with Crippen molar-refractivity contribution in [2.75, 3.05) is 6.61 Å². The zero-order valence-electron chi connectivity index (χ0n) is 21.5. The number of esters is 1. The Morgan fingerprint density at radius 2 is 1.93 bits per heavy atom. The maximum Gasteiger partial charge on any atom is 0.338 e. The maximum atomic E-state index is 13.7. The molecule has 0 amide bonds. The second-order valence-corrected chi connectivity index (χ2v) is 11.2. The van der Waals surface area contributed by atoms with Crippen LogP contribution in [0.25, 0.3) is 6.08 Å². The molecule has 3 aromatic carbocycles. The molecule has 204 valence electrons. The third kappa shape index (κ3) is 5.68. The van der Waals surface area contributed by atoms with Gasteiger partial charge in [-0.25, -0.2) is 14.2 Å². The predicted octanol–water partition coefficient (Wildman–Crippen LogP) is 5.93. The van der Waals surface area contributed by atoms with Crippen molar-refractivity contribution < 1.29 is 18.7 Å². The molecule has 1 aliphatic rings. The smallest absolute Gasteiger partial charge is 0.338 e. The van der Waals surface area contributed by atoms with Crippen molar-refractivity contribution in [2.24, 2.45) is 4.99 Å². The second-order valence-electron chi connectivity index (χ2n) is 8.92. The van der Waals surface area contributed by atoms with E-state index in [1.54, 1.807) is 32.1 Å². The lowest BCUT2D eigenvalue weighted by molar-refractivity contribution is -0.139. The normalized spacial score (nSPS) is 15.0. The van der Waals surface area contributed by atoms with Crippen molar-refractivity contribution in [3.8, 4) is 5.75 Å². The van der Waals surface area contributed by atoms with Crippen LogP contribution in [0.1, 0.15) is 36.6 Å². The van der Waals surface area contributed by atoms with Crippen molar-refractivity contribution in [2.45, 2.75) is 26.5 Å². The van der Waals surface area contributed by atoms with Gasteiger partial charge in [-0.15, -0.1) is 0 Å². The summed E-state index contributed by atoms with van der Waals surface area (Å²) < 4.78 is 27.6. The molecule has 0 unspecified atom stereocenters. The Balaban J connectivity index is 1.53. The number of benzene rings is 3. The maximum absolute atomic E-state index is 13.7. The first kappa shape index (κ1) is 28.0. The van der Waals surface area contributed by atoms with E-state index in [4.69, 9.17) is 21.1 Å². The number of carbonyl (C=O) groups excluding carboxylic acids is 1. The van der Waals surface area contributed by atoms with Crippen molar-refractivity contribution in [3.63, 3.8) is 0 Å². The molecule has 6 nitrogen and oxygen atoms in total. The number of halogens is 3. The molecule has 2 heterocycles. The summed E-state index contributed by atoms with van der Waals surface area (Å²) in [5, 5.41) is 0.630. The number of carbonyl (C=O) groups is 1. The van der Waals surface area contributed by atoms with E-state index >= 15 is 0 Å². The summed E-state index contributed by atoms with van der Waals surface area (Å²) >= 11 is 11.0. The fraction of sp³-hybridized carbons (Fsp3) is 0.167. The van der Waals surface area contributed by atoms with Gasteiger partial charge >= 0.3 is 5.97 Å². The lowest BCUT2D eigenvalue weighted by atomic mass is 9.96. The molecule has 0 aliphatic carbocycles. The van der Waals surface area contributed by atoms with Crippen LogP contribution in [0.2, 0.25) is 5.02 Å². The monoisotopic (exact) mass is 640 g/mol. The number of ether oxygens (including phenoxy) is 2. The minimum atomic E-state index is -0.801. The van der Waals surface area contributed by atoms with Crippen LogP contribution in [-0.2, 0) is 16.1 Å². The van der Waals surface area contributed by atoms with Gasteiger partial charge in [0.15, 0.2) is 4.80 Å². The van der Waals surface area contributed by atoms with Gasteiger partial charge in [-0.05, 0) is 77.3 Å². The SMILES string of the molecule is CCOC(=O)C1=C(C)N=c2s/c(=C\c3ccc(OCc4ccccc4Cl)c(Br)c3)c(=O)n2[C@@H]1c1ccc(F)cc1. The molecule has 0 bridgehead atoms. The highest BCUT2D eigenvalue weighted by atomic mass is 79.9. The van der Waals surface area contributed by atoms with Gasteiger partial charge in [0.05, 0.1) is 32.9 Å². The van der Waals surface area contributed by atoms with Crippen LogP contribution in [0.3, 0.4) is 0 Å². The van der Waals surface area contributed by atoms with Gasteiger partial charge in [-0.1, -0.05) is 59.3 Å². The van der Waals surface area contributed by atoms with Crippen LogP contribution in [0.15, 0.2) is 92.3 Å². The molecule has 10 heteroatoms. The van der Waals surface area contributed by atoms with Crippen molar-refractivity contribution >= 4 is 50.9 Å². The van der Waals surface area contributed by atoms with Crippen LogP contribution in [0, 0.1) is 5.82 Å². The highest BCUT2D eigenvalue weighted by Gasteiger charge is 2.33. The highest BCUT2D eigenvalue weighted by Crippen LogP contribution is 2.31. The molecule has 40 heavy (non-hydrogen) atoms. The van der Waals surface area contributed by atoms with E-state index in [-0.39, 0.29) is 17.7 Å². The zero-order chi connectivity index (χ0) is 28.4. The van der Waals surface area contributed by atoms with Crippen LogP contribution in [-0.4, -0.2) is 17.1 Å².